The molecule has 1 spiro atoms. The zero-order chi connectivity index (χ0) is 22.1. The molecule has 1 aromatic heterocycles. The fraction of sp³-hybridized carbons (Fsp3) is 0.542. The number of hydrogen-bond donors (Lipinski definition) is 2. The van der Waals surface area contributed by atoms with Crippen molar-refractivity contribution in [3.8, 4) is 5.75 Å². The van der Waals surface area contributed by atoms with E-state index < -0.39 is 5.91 Å². The van der Waals surface area contributed by atoms with Crippen molar-refractivity contribution in [2.75, 3.05) is 43.4 Å². The van der Waals surface area contributed by atoms with Crippen molar-refractivity contribution in [1.29, 1.82) is 0 Å². The van der Waals surface area contributed by atoms with Gasteiger partial charge in [0.15, 0.2) is 11.5 Å². The SMILES string of the molecule is CN1CCC2(CCc3cc(Nc4nc(N5CCCCC5)cnc4C(N)=O)ccc3O2)CC1. The highest BCUT2D eigenvalue weighted by Crippen LogP contribution is 2.40. The third-order valence-electron chi connectivity index (χ3n) is 7.07. The summed E-state index contributed by atoms with van der Waals surface area (Å²) in [5.41, 5.74) is 7.75. The molecule has 4 heterocycles. The van der Waals surface area contributed by atoms with Gasteiger partial charge in [0.2, 0.25) is 0 Å². The van der Waals surface area contributed by atoms with Crippen molar-refractivity contribution in [3.05, 3.63) is 35.7 Å². The van der Waals surface area contributed by atoms with Gasteiger partial charge in [-0.2, -0.15) is 0 Å². The largest absolute Gasteiger partial charge is 0.487 e. The zero-order valence-electron chi connectivity index (χ0n) is 18.8. The summed E-state index contributed by atoms with van der Waals surface area (Å²) in [5, 5.41) is 3.30. The van der Waals surface area contributed by atoms with Gasteiger partial charge in [0.05, 0.1) is 6.20 Å². The number of primary amides is 1. The van der Waals surface area contributed by atoms with Gasteiger partial charge in [-0.3, -0.25) is 4.79 Å². The Kier molecular flexibility index (Phi) is 5.63. The van der Waals surface area contributed by atoms with E-state index in [1.54, 1.807) is 6.20 Å². The Morgan fingerprint density at radius 3 is 2.66 bits per heavy atom. The quantitative estimate of drug-likeness (QED) is 0.760. The van der Waals surface area contributed by atoms with Crippen molar-refractivity contribution in [3.63, 3.8) is 0 Å². The summed E-state index contributed by atoms with van der Waals surface area (Å²) in [6.45, 7) is 4.07. The molecule has 3 N–H and O–H groups in total. The first kappa shape index (κ1) is 21.0. The van der Waals surface area contributed by atoms with Crippen molar-refractivity contribution in [2.45, 2.75) is 50.5 Å². The molecular formula is C24H32N6O2. The molecule has 5 rings (SSSR count). The number of aryl methyl sites for hydroxylation is 1. The minimum absolute atomic E-state index is 0.0259. The van der Waals surface area contributed by atoms with E-state index in [0.717, 1.165) is 82.0 Å². The molecule has 0 bridgehead atoms. The van der Waals surface area contributed by atoms with Gasteiger partial charge in [0.25, 0.3) is 5.91 Å². The molecule has 2 fully saturated rings. The summed E-state index contributed by atoms with van der Waals surface area (Å²) < 4.78 is 6.51. The number of nitrogens with two attached hydrogens (primary N) is 1. The van der Waals surface area contributed by atoms with Crippen molar-refractivity contribution in [2.24, 2.45) is 5.73 Å². The van der Waals surface area contributed by atoms with Crippen LogP contribution in [-0.2, 0) is 6.42 Å². The monoisotopic (exact) mass is 436 g/mol. The first-order chi connectivity index (χ1) is 15.5. The molecule has 1 amide bonds. The van der Waals surface area contributed by atoms with Crippen LogP contribution in [0.2, 0.25) is 0 Å². The number of aromatic nitrogens is 2. The van der Waals surface area contributed by atoms with E-state index in [4.69, 9.17) is 15.5 Å². The topological polar surface area (TPSA) is 96.6 Å². The predicted molar refractivity (Wildman–Crippen MR) is 125 cm³/mol. The Bertz CT molecular complexity index is 996. The normalized spacial score (nSPS) is 20.5. The lowest BCUT2D eigenvalue weighted by Gasteiger charge is -2.43. The molecule has 0 atom stereocenters. The summed E-state index contributed by atoms with van der Waals surface area (Å²) in [6.07, 6.45) is 9.34. The van der Waals surface area contributed by atoms with Crippen LogP contribution in [0.15, 0.2) is 24.4 Å². The maximum Gasteiger partial charge on any atom is 0.271 e. The summed E-state index contributed by atoms with van der Waals surface area (Å²) >= 11 is 0. The van der Waals surface area contributed by atoms with Crippen LogP contribution in [0.3, 0.4) is 0 Å². The van der Waals surface area contributed by atoms with Gasteiger partial charge in [-0.05, 0) is 75.8 Å². The van der Waals surface area contributed by atoms with Crippen LogP contribution >= 0.6 is 0 Å². The van der Waals surface area contributed by atoms with Gasteiger partial charge < -0.3 is 25.6 Å². The van der Waals surface area contributed by atoms with Crippen molar-refractivity contribution in [1.82, 2.24) is 14.9 Å². The number of benzene rings is 1. The van der Waals surface area contributed by atoms with E-state index in [1.807, 2.05) is 12.1 Å². The smallest absolute Gasteiger partial charge is 0.271 e. The second kappa shape index (κ2) is 8.58. The minimum Gasteiger partial charge on any atom is -0.487 e. The van der Waals surface area contributed by atoms with Crippen LogP contribution in [-0.4, -0.2) is 59.6 Å². The van der Waals surface area contributed by atoms with Gasteiger partial charge in [-0.1, -0.05) is 0 Å². The number of ether oxygens (including phenoxy) is 1. The average Bonchev–Trinajstić information content (AvgIpc) is 2.82. The van der Waals surface area contributed by atoms with Crippen LogP contribution in [0, 0.1) is 0 Å². The predicted octanol–water partition coefficient (Wildman–Crippen LogP) is 3.10. The number of nitrogens with zero attached hydrogens (tertiary/aromatic N) is 4. The van der Waals surface area contributed by atoms with Crippen LogP contribution in [0.25, 0.3) is 0 Å². The Hall–Kier alpha value is -2.87. The highest BCUT2D eigenvalue weighted by molar-refractivity contribution is 5.96. The van der Waals surface area contributed by atoms with Crippen LogP contribution in [0.1, 0.15) is 54.6 Å². The van der Waals surface area contributed by atoms with E-state index in [9.17, 15) is 4.79 Å². The number of piperidine rings is 2. The van der Waals surface area contributed by atoms with E-state index in [-0.39, 0.29) is 11.3 Å². The van der Waals surface area contributed by atoms with Crippen LogP contribution in [0.5, 0.6) is 5.75 Å². The summed E-state index contributed by atoms with van der Waals surface area (Å²) in [7, 11) is 2.17. The first-order valence-electron chi connectivity index (χ1n) is 11.7. The Labute approximate surface area is 189 Å². The summed E-state index contributed by atoms with van der Waals surface area (Å²) in [4.78, 5) is 25.6. The number of fused-ring (bicyclic) bond motifs is 1. The highest BCUT2D eigenvalue weighted by atomic mass is 16.5. The molecule has 1 aromatic carbocycles. The first-order valence-corrected chi connectivity index (χ1v) is 11.7. The van der Waals surface area contributed by atoms with Gasteiger partial charge in [-0.25, -0.2) is 9.97 Å². The number of rotatable bonds is 4. The second-order valence-corrected chi connectivity index (χ2v) is 9.37. The molecule has 0 unspecified atom stereocenters. The third-order valence-corrected chi connectivity index (χ3v) is 7.07. The molecule has 32 heavy (non-hydrogen) atoms. The average molecular weight is 437 g/mol. The molecule has 2 aromatic rings. The number of hydrogen-bond acceptors (Lipinski definition) is 7. The van der Waals surface area contributed by atoms with Gasteiger partial charge in [0.1, 0.15) is 17.2 Å². The van der Waals surface area contributed by atoms with Crippen molar-refractivity contribution >= 4 is 23.2 Å². The Morgan fingerprint density at radius 2 is 1.91 bits per heavy atom. The van der Waals surface area contributed by atoms with Gasteiger partial charge in [0, 0.05) is 31.9 Å². The van der Waals surface area contributed by atoms with Crippen LogP contribution in [0.4, 0.5) is 17.3 Å². The van der Waals surface area contributed by atoms with E-state index in [0.29, 0.717) is 5.82 Å². The van der Waals surface area contributed by atoms with E-state index in [2.05, 4.69) is 33.2 Å². The lowest BCUT2D eigenvalue weighted by molar-refractivity contribution is -0.00873. The Balaban J connectivity index is 1.37. The number of amides is 1. The fourth-order valence-electron chi connectivity index (χ4n) is 5.04. The molecular weight excluding hydrogens is 404 g/mol. The molecule has 8 heteroatoms. The molecule has 0 aliphatic carbocycles. The standard InChI is InChI=1S/C24H32N6O2/c1-29-13-9-24(10-14-29)8-7-17-15-18(5-6-19(17)32-24)27-23-21(22(25)31)26-16-20(28-23)30-11-3-2-4-12-30/h5-6,15-16H,2-4,7-14H2,1H3,(H2,25,31)(H,27,28). The molecule has 0 saturated carbocycles. The third kappa shape index (κ3) is 4.24. The zero-order valence-corrected chi connectivity index (χ0v) is 18.8. The number of anilines is 3. The summed E-state index contributed by atoms with van der Waals surface area (Å²) in [5.74, 6) is 1.57. The molecule has 3 aliphatic heterocycles. The molecule has 8 nitrogen and oxygen atoms in total. The second-order valence-electron chi connectivity index (χ2n) is 9.37. The molecule has 2 saturated heterocycles. The maximum absolute atomic E-state index is 12.0. The van der Waals surface area contributed by atoms with Gasteiger partial charge in [-0.15, -0.1) is 0 Å². The van der Waals surface area contributed by atoms with Gasteiger partial charge >= 0.3 is 0 Å². The number of nitrogens with one attached hydrogen (secondary N) is 1. The molecule has 3 aliphatic rings. The number of likely N-dealkylation sites (tertiary alicyclic amines) is 1. The Morgan fingerprint density at radius 1 is 1.12 bits per heavy atom. The lowest BCUT2D eigenvalue weighted by Crippen LogP contribution is -2.48. The summed E-state index contributed by atoms with van der Waals surface area (Å²) in [6, 6.07) is 6.10. The molecule has 170 valence electrons. The number of carbonyl (C=O) groups is 1. The minimum atomic E-state index is -0.587. The number of carbonyl (C=O) groups excluding carboxylic acids is 1. The van der Waals surface area contributed by atoms with Crippen LogP contribution < -0.4 is 20.7 Å². The van der Waals surface area contributed by atoms with E-state index >= 15 is 0 Å². The fourth-order valence-corrected chi connectivity index (χ4v) is 5.04. The maximum atomic E-state index is 12.0. The van der Waals surface area contributed by atoms with Crippen molar-refractivity contribution < 1.29 is 9.53 Å². The molecule has 0 radical (unpaired) electrons. The van der Waals surface area contributed by atoms with E-state index in [1.165, 1.54) is 12.0 Å². The highest BCUT2D eigenvalue weighted by Gasteiger charge is 2.38. The lowest BCUT2D eigenvalue weighted by atomic mass is 9.83.